The van der Waals surface area contributed by atoms with E-state index in [1.54, 1.807) is 5.57 Å². The topological polar surface area (TPSA) is 0 Å². The minimum absolute atomic E-state index is 0.799. The summed E-state index contributed by atoms with van der Waals surface area (Å²) in [5.41, 5.74) is 1.73. The third-order valence-electron chi connectivity index (χ3n) is 3.21. The van der Waals surface area contributed by atoms with E-state index in [1.807, 2.05) is 0 Å². The quantitative estimate of drug-likeness (QED) is 0.564. The number of hydrogen-bond acceptors (Lipinski definition) is 0. The Morgan fingerprint density at radius 2 is 1.46 bits per heavy atom. The standard InChI is InChI=1S/C12H23B/c1-10(2)13(11(3)4)9-12-7-5-6-8-12/h9-11H,5-8H2,1-4H3. The summed E-state index contributed by atoms with van der Waals surface area (Å²) in [5.74, 6) is 4.17. The Hall–Kier alpha value is -0.195. The molecule has 0 aliphatic heterocycles. The van der Waals surface area contributed by atoms with E-state index >= 15 is 0 Å². The first kappa shape index (κ1) is 10.9. The molecule has 0 amide bonds. The number of allylic oxidation sites excluding steroid dienone is 1. The van der Waals surface area contributed by atoms with Crippen LogP contribution in [-0.4, -0.2) is 6.71 Å². The van der Waals surface area contributed by atoms with Crippen molar-refractivity contribution >= 4 is 6.71 Å². The molecule has 0 spiro atoms. The zero-order valence-electron chi connectivity index (χ0n) is 9.64. The van der Waals surface area contributed by atoms with Gasteiger partial charge in [0.2, 0.25) is 0 Å². The van der Waals surface area contributed by atoms with Crippen molar-refractivity contribution < 1.29 is 0 Å². The van der Waals surface area contributed by atoms with Crippen molar-refractivity contribution in [2.75, 3.05) is 0 Å². The minimum Gasteiger partial charge on any atom is -0.115 e. The van der Waals surface area contributed by atoms with Crippen LogP contribution in [-0.2, 0) is 0 Å². The molecule has 0 atom stereocenters. The van der Waals surface area contributed by atoms with Gasteiger partial charge in [0.15, 0.2) is 6.71 Å². The molecule has 1 rings (SSSR count). The average Bonchev–Trinajstić information content (AvgIpc) is 2.50. The largest absolute Gasteiger partial charge is 0.171 e. The Labute approximate surface area is 83.9 Å². The molecule has 74 valence electrons. The third-order valence-corrected chi connectivity index (χ3v) is 3.21. The van der Waals surface area contributed by atoms with Gasteiger partial charge in [-0.15, -0.1) is 5.98 Å². The van der Waals surface area contributed by atoms with Crippen LogP contribution in [0.25, 0.3) is 0 Å². The lowest BCUT2D eigenvalue weighted by Crippen LogP contribution is -2.18. The van der Waals surface area contributed by atoms with E-state index in [1.165, 1.54) is 25.7 Å². The second-order valence-corrected chi connectivity index (χ2v) is 5.10. The van der Waals surface area contributed by atoms with Crippen LogP contribution in [0.1, 0.15) is 53.4 Å². The summed E-state index contributed by atoms with van der Waals surface area (Å²) in [6.45, 7) is 10.2. The lowest BCUT2D eigenvalue weighted by molar-refractivity contribution is 0.886. The molecule has 0 bridgehead atoms. The van der Waals surface area contributed by atoms with Crippen LogP contribution < -0.4 is 0 Å². The van der Waals surface area contributed by atoms with Gasteiger partial charge < -0.3 is 0 Å². The van der Waals surface area contributed by atoms with Gasteiger partial charge in [-0.3, -0.25) is 0 Å². The smallest absolute Gasteiger partial charge is 0.115 e. The summed E-state index contributed by atoms with van der Waals surface area (Å²) < 4.78 is 0. The first-order chi connectivity index (χ1) is 6.11. The Bertz CT molecular complexity index is 164. The molecule has 1 saturated carbocycles. The fourth-order valence-electron chi connectivity index (χ4n) is 2.42. The zero-order chi connectivity index (χ0) is 9.84. The zero-order valence-corrected chi connectivity index (χ0v) is 9.64. The Balaban J connectivity index is 2.60. The fraction of sp³-hybridized carbons (Fsp3) is 0.833. The molecule has 1 heteroatoms. The van der Waals surface area contributed by atoms with Crippen LogP contribution >= 0.6 is 0 Å². The summed E-state index contributed by atoms with van der Waals surface area (Å²) in [4.78, 5) is 0. The van der Waals surface area contributed by atoms with E-state index in [4.69, 9.17) is 0 Å². The van der Waals surface area contributed by atoms with Crippen molar-refractivity contribution in [1.82, 2.24) is 0 Å². The molecule has 1 fully saturated rings. The molecule has 1 aliphatic rings. The van der Waals surface area contributed by atoms with Gasteiger partial charge in [0, 0.05) is 0 Å². The Morgan fingerprint density at radius 3 is 1.85 bits per heavy atom. The molecule has 0 N–H and O–H groups in total. The molecule has 0 heterocycles. The second kappa shape index (κ2) is 4.88. The van der Waals surface area contributed by atoms with Crippen LogP contribution in [0.5, 0.6) is 0 Å². The van der Waals surface area contributed by atoms with Gasteiger partial charge in [0.1, 0.15) is 0 Å². The van der Waals surface area contributed by atoms with Crippen LogP contribution in [0.4, 0.5) is 0 Å². The van der Waals surface area contributed by atoms with Gasteiger partial charge in [0.25, 0.3) is 0 Å². The highest BCUT2D eigenvalue weighted by Gasteiger charge is 2.20. The first-order valence-corrected chi connectivity index (χ1v) is 5.81. The van der Waals surface area contributed by atoms with E-state index in [0.717, 1.165) is 18.3 Å². The van der Waals surface area contributed by atoms with Crippen molar-refractivity contribution in [3.8, 4) is 0 Å². The molecular formula is C12H23B. The molecule has 0 aromatic rings. The lowest BCUT2D eigenvalue weighted by atomic mass is 9.35. The van der Waals surface area contributed by atoms with Gasteiger partial charge in [-0.2, -0.15) is 0 Å². The Kier molecular flexibility index (Phi) is 4.09. The Morgan fingerprint density at radius 1 is 1.00 bits per heavy atom. The highest BCUT2D eigenvalue weighted by Crippen LogP contribution is 2.28. The van der Waals surface area contributed by atoms with Gasteiger partial charge in [-0.1, -0.05) is 44.9 Å². The van der Waals surface area contributed by atoms with E-state index in [-0.39, 0.29) is 0 Å². The second-order valence-electron chi connectivity index (χ2n) is 5.10. The molecule has 0 nitrogen and oxygen atoms in total. The predicted octanol–water partition coefficient (Wildman–Crippen LogP) is 4.34. The maximum absolute atomic E-state index is 2.57. The van der Waals surface area contributed by atoms with Crippen molar-refractivity contribution in [3.05, 3.63) is 11.5 Å². The summed E-state index contributed by atoms with van der Waals surface area (Å²) in [7, 11) is 0. The summed E-state index contributed by atoms with van der Waals surface area (Å²) >= 11 is 0. The van der Waals surface area contributed by atoms with Gasteiger partial charge >= 0.3 is 0 Å². The first-order valence-electron chi connectivity index (χ1n) is 5.81. The van der Waals surface area contributed by atoms with E-state index in [2.05, 4.69) is 33.7 Å². The maximum atomic E-state index is 2.57. The van der Waals surface area contributed by atoms with Crippen LogP contribution in [0.15, 0.2) is 11.5 Å². The van der Waals surface area contributed by atoms with Crippen LogP contribution in [0, 0.1) is 0 Å². The van der Waals surface area contributed by atoms with Crippen molar-refractivity contribution in [1.29, 1.82) is 0 Å². The van der Waals surface area contributed by atoms with Gasteiger partial charge in [-0.05, 0) is 25.7 Å². The lowest BCUT2D eigenvalue weighted by Gasteiger charge is -2.18. The SMILES string of the molecule is CC(C)B(C=C1CCCC1)C(C)C. The van der Waals surface area contributed by atoms with E-state index < -0.39 is 0 Å². The molecule has 13 heavy (non-hydrogen) atoms. The summed E-state index contributed by atoms with van der Waals surface area (Å²) in [6.07, 6.45) is 5.59. The van der Waals surface area contributed by atoms with Crippen LogP contribution in [0.2, 0.25) is 11.6 Å². The normalized spacial score (nSPS) is 17.2. The molecule has 0 aromatic heterocycles. The molecule has 0 unspecified atom stereocenters. The molecule has 1 aliphatic carbocycles. The van der Waals surface area contributed by atoms with Crippen molar-refractivity contribution in [3.63, 3.8) is 0 Å². The van der Waals surface area contributed by atoms with E-state index in [9.17, 15) is 0 Å². The summed E-state index contributed by atoms with van der Waals surface area (Å²) in [6, 6.07) is 0. The molecular weight excluding hydrogens is 155 g/mol. The minimum atomic E-state index is 0.799. The average molecular weight is 178 g/mol. The van der Waals surface area contributed by atoms with Gasteiger partial charge in [0.05, 0.1) is 0 Å². The molecule has 0 saturated heterocycles. The number of hydrogen-bond donors (Lipinski definition) is 0. The maximum Gasteiger partial charge on any atom is 0.171 e. The van der Waals surface area contributed by atoms with E-state index in [0.29, 0.717) is 0 Å². The fourth-order valence-corrected chi connectivity index (χ4v) is 2.42. The highest BCUT2D eigenvalue weighted by atomic mass is 14.1. The third kappa shape index (κ3) is 3.21. The highest BCUT2D eigenvalue weighted by molar-refractivity contribution is 6.67. The van der Waals surface area contributed by atoms with Crippen molar-refractivity contribution in [2.24, 2.45) is 0 Å². The predicted molar refractivity (Wildman–Crippen MR) is 62.5 cm³/mol. The monoisotopic (exact) mass is 178 g/mol. The van der Waals surface area contributed by atoms with Crippen molar-refractivity contribution in [2.45, 2.75) is 65.0 Å². The van der Waals surface area contributed by atoms with Gasteiger partial charge in [-0.25, -0.2) is 0 Å². The number of rotatable bonds is 3. The summed E-state index contributed by atoms with van der Waals surface area (Å²) in [5, 5.41) is 0. The molecule has 0 aromatic carbocycles. The van der Waals surface area contributed by atoms with Crippen LogP contribution in [0.3, 0.4) is 0 Å². The molecule has 0 radical (unpaired) electrons.